The monoisotopic (exact) mass is 383 g/mol. The Morgan fingerprint density at radius 1 is 1.08 bits per heavy atom. The molecule has 0 aliphatic carbocycles. The van der Waals surface area contributed by atoms with Crippen LogP contribution in [-0.2, 0) is 17.8 Å². The fourth-order valence-corrected chi connectivity index (χ4v) is 3.33. The molecule has 0 heterocycles. The zero-order valence-electron chi connectivity index (χ0n) is 16.3. The number of nitrogens with one attached hydrogen (secondary N) is 1. The van der Waals surface area contributed by atoms with Crippen molar-refractivity contribution in [3.63, 3.8) is 0 Å². The molecule has 0 radical (unpaired) electrons. The quantitative estimate of drug-likeness (QED) is 0.358. The SMILES string of the molecule is CCCCCCCN(CC)CCCC(O)c1ccc(CNS(=O)[O-])cc1. The van der Waals surface area contributed by atoms with Crippen molar-refractivity contribution >= 4 is 11.3 Å². The Kier molecular flexibility index (Phi) is 12.8. The largest absolute Gasteiger partial charge is 0.760 e. The van der Waals surface area contributed by atoms with Crippen molar-refractivity contribution in [3.8, 4) is 0 Å². The normalized spacial score (nSPS) is 13.9. The summed E-state index contributed by atoms with van der Waals surface area (Å²) in [5, 5.41) is 10.4. The van der Waals surface area contributed by atoms with E-state index in [2.05, 4.69) is 23.5 Å². The zero-order chi connectivity index (χ0) is 19.2. The number of rotatable bonds is 15. The van der Waals surface area contributed by atoms with Crippen LogP contribution >= 0.6 is 0 Å². The molecule has 0 bridgehead atoms. The first-order valence-electron chi connectivity index (χ1n) is 9.88. The van der Waals surface area contributed by atoms with Crippen LogP contribution in [0.3, 0.4) is 0 Å². The molecule has 1 aromatic carbocycles. The maximum absolute atomic E-state index is 10.5. The average Bonchev–Trinajstić information content (AvgIpc) is 2.65. The Morgan fingerprint density at radius 2 is 1.73 bits per heavy atom. The molecule has 1 rings (SSSR count). The molecule has 0 fully saturated rings. The van der Waals surface area contributed by atoms with Gasteiger partial charge in [0, 0.05) is 17.8 Å². The Hall–Kier alpha value is -0.790. The molecule has 0 aromatic heterocycles. The summed E-state index contributed by atoms with van der Waals surface area (Å²) in [4.78, 5) is 2.47. The Bertz CT molecular complexity index is 496. The van der Waals surface area contributed by atoms with Crippen LogP contribution in [0.4, 0.5) is 0 Å². The van der Waals surface area contributed by atoms with Crippen LogP contribution < -0.4 is 4.72 Å². The van der Waals surface area contributed by atoms with Crippen molar-refractivity contribution in [1.82, 2.24) is 9.62 Å². The van der Waals surface area contributed by atoms with E-state index in [4.69, 9.17) is 0 Å². The van der Waals surface area contributed by atoms with E-state index in [1.54, 1.807) is 0 Å². The van der Waals surface area contributed by atoms with Gasteiger partial charge in [-0.25, -0.2) is 4.72 Å². The van der Waals surface area contributed by atoms with Crippen molar-refractivity contribution in [2.45, 2.75) is 71.4 Å². The van der Waals surface area contributed by atoms with Crippen LogP contribution in [0, 0.1) is 0 Å². The number of aliphatic hydroxyl groups is 1. The fraction of sp³-hybridized carbons (Fsp3) is 0.700. The molecule has 26 heavy (non-hydrogen) atoms. The number of hydrogen-bond acceptors (Lipinski definition) is 4. The molecule has 0 aliphatic rings. The predicted octanol–water partition coefficient (Wildman–Crippen LogP) is 3.68. The maximum Gasteiger partial charge on any atom is 0.0790 e. The molecule has 5 nitrogen and oxygen atoms in total. The lowest BCUT2D eigenvalue weighted by molar-refractivity contribution is 0.155. The smallest absolute Gasteiger partial charge is 0.0790 e. The summed E-state index contributed by atoms with van der Waals surface area (Å²) in [6.45, 7) is 7.95. The summed E-state index contributed by atoms with van der Waals surface area (Å²) in [5.74, 6) is 0. The van der Waals surface area contributed by atoms with E-state index in [1.165, 1.54) is 32.1 Å². The van der Waals surface area contributed by atoms with Crippen molar-refractivity contribution in [2.75, 3.05) is 19.6 Å². The molecule has 0 saturated carbocycles. The first-order valence-corrected chi connectivity index (χ1v) is 11.0. The van der Waals surface area contributed by atoms with Gasteiger partial charge >= 0.3 is 0 Å². The van der Waals surface area contributed by atoms with E-state index in [0.29, 0.717) is 0 Å². The molecule has 0 saturated heterocycles. The molecule has 2 unspecified atom stereocenters. The van der Waals surface area contributed by atoms with E-state index in [0.717, 1.165) is 43.6 Å². The van der Waals surface area contributed by atoms with Gasteiger partial charge in [0.25, 0.3) is 0 Å². The second-order valence-corrected chi connectivity index (χ2v) is 7.56. The van der Waals surface area contributed by atoms with Crippen molar-refractivity contribution in [1.29, 1.82) is 0 Å². The van der Waals surface area contributed by atoms with E-state index >= 15 is 0 Å². The Morgan fingerprint density at radius 3 is 2.35 bits per heavy atom. The van der Waals surface area contributed by atoms with Gasteiger partial charge in [-0.1, -0.05) is 63.8 Å². The molecule has 2 N–H and O–H groups in total. The minimum absolute atomic E-state index is 0.274. The van der Waals surface area contributed by atoms with Gasteiger partial charge in [-0.2, -0.15) is 0 Å². The first-order chi connectivity index (χ1) is 12.6. The van der Waals surface area contributed by atoms with Crippen LogP contribution in [0.25, 0.3) is 0 Å². The van der Waals surface area contributed by atoms with E-state index in [-0.39, 0.29) is 6.54 Å². The van der Waals surface area contributed by atoms with Gasteiger partial charge < -0.3 is 14.6 Å². The highest BCUT2D eigenvalue weighted by atomic mass is 32.2. The van der Waals surface area contributed by atoms with Gasteiger partial charge in [0.05, 0.1) is 6.10 Å². The van der Waals surface area contributed by atoms with E-state index in [1.807, 2.05) is 24.3 Å². The number of unbranched alkanes of at least 4 members (excludes halogenated alkanes) is 4. The third-order valence-electron chi connectivity index (χ3n) is 4.74. The third-order valence-corrected chi connectivity index (χ3v) is 5.12. The number of benzene rings is 1. The lowest BCUT2D eigenvalue weighted by Gasteiger charge is -2.21. The second-order valence-electron chi connectivity index (χ2n) is 6.80. The first kappa shape index (κ1) is 23.2. The summed E-state index contributed by atoms with van der Waals surface area (Å²) in [6, 6.07) is 7.46. The number of aliphatic hydroxyl groups excluding tert-OH is 1. The molecule has 0 aliphatic heterocycles. The molecule has 6 heteroatoms. The standard InChI is InChI=1S/C20H36N2O3S/c1-3-5-6-7-8-15-22(4-2)16-9-10-20(23)19-13-11-18(12-14-19)17-21-26(24)25/h11-14,20-21,23H,3-10,15-17H2,1-2H3,(H,24,25)/p-1. The highest BCUT2D eigenvalue weighted by Crippen LogP contribution is 2.19. The van der Waals surface area contributed by atoms with E-state index < -0.39 is 17.4 Å². The maximum atomic E-state index is 10.5. The lowest BCUT2D eigenvalue weighted by atomic mass is 10.0. The predicted molar refractivity (Wildman–Crippen MR) is 107 cm³/mol. The molecular weight excluding hydrogens is 348 g/mol. The summed E-state index contributed by atoms with van der Waals surface area (Å²) < 4.78 is 23.3. The lowest BCUT2D eigenvalue weighted by Crippen LogP contribution is -2.26. The Labute approximate surface area is 161 Å². The molecule has 0 spiro atoms. The number of nitrogens with zero attached hydrogens (tertiary/aromatic N) is 1. The summed E-state index contributed by atoms with van der Waals surface area (Å²) >= 11 is -2.25. The van der Waals surface area contributed by atoms with E-state index in [9.17, 15) is 13.9 Å². The summed E-state index contributed by atoms with van der Waals surface area (Å²) in [7, 11) is 0. The molecule has 2 atom stereocenters. The van der Waals surface area contributed by atoms with Crippen molar-refractivity contribution < 1.29 is 13.9 Å². The summed E-state index contributed by atoms with van der Waals surface area (Å²) in [6.07, 6.45) is 7.79. The second kappa shape index (κ2) is 14.3. The minimum Gasteiger partial charge on any atom is -0.760 e. The molecule has 150 valence electrons. The highest BCUT2D eigenvalue weighted by Gasteiger charge is 2.09. The van der Waals surface area contributed by atoms with Crippen LogP contribution in [0.1, 0.15) is 76.0 Å². The minimum atomic E-state index is -2.25. The van der Waals surface area contributed by atoms with Crippen LogP contribution in [0.5, 0.6) is 0 Å². The Balaban J connectivity index is 2.27. The molecule has 0 amide bonds. The zero-order valence-corrected chi connectivity index (χ0v) is 17.1. The van der Waals surface area contributed by atoms with Gasteiger partial charge in [0.15, 0.2) is 0 Å². The van der Waals surface area contributed by atoms with Gasteiger partial charge in [0.2, 0.25) is 0 Å². The van der Waals surface area contributed by atoms with Gasteiger partial charge in [-0.15, -0.1) is 0 Å². The van der Waals surface area contributed by atoms with Crippen LogP contribution in [-0.4, -0.2) is 38.4 Å². The average molecular weight is 384 g/mol. The summed E-state index contributed by atoms with van der Waals surface area (Å²) in [5.41, 5.74) is 1.77. The van der Waals surface area contributed by atoms with Crippen LogP contribution in [0.15, 0.2) is 24.3 Å². The van der Waals surface area contributed by atoms with Gasteiger partial charge in [-0.05, 0) is 50.0 Å². The fourth-order valence-electron chi connectivity index (χ4n) is 3.04. The third kappa shape index (κ3) is 10.4. The van der Waals surface area contributed by atoms with Crippen LogP contribution in [0.2, 0.25) is 0 Å². The molecule has 1 aromatic rings. The topological polar surface area (TPSA) is 75.6 Å². The molecular formula is C20H35N2O3S-. The highest BCUT2D eigenvalue weighted by molar-refractivity contribution is 7.77. The van der Waals surface area contributed by atoms with Gasteiger partial charge in [0.1, 0.15) is 0 Å². The number of hydrogen-bond donors (Lipinski definition) is 2. The van der Waals surface area contributed by atoms with Gasteiger partial charge in [-0.3, -0.25) is 4.21 Å². The van der Waals surface area contributed by atoms with Crippen molar-refractivity contribution in [2.24, 2.45) is 0 Å². The van der Waals surface area contributed by atoms with Crippen molar-refractivity contribution in [3.05, 3.63) is 35.4 Å².